The summed E-state index contributed by atoms with van der Waals surface area (Å²) in [5.74, 6) is 0.285. The number of hydrogen-bond donors (Lipinski definition) is 0. The first-order chi connectivity index (χ1) is 6.81. The molecule has 2 nitrogen and oxygen atoms in total. The maximum Gasteiger partial charge on any atom is 0.302 e. The van der Waals surface area contributed by atoms with Crippen LogP contribution in [0.4, 0.5) is 0 Å². The van der Waals surface area contributed by atoms with Gasteiger partial charge in [0.05, 0.1) is 6.61 Å². The first-order valence-electron chi connectivity index (χ1n) is 5.61. The summed E-state index contributed by atoms with van der Waals surface area (Å²) in [5.41, 5.74) is 0.353. The van der Waals surface area contributed by atoms with E-state index in [0.29, 0.717) is 17.9 Å². The lowest BCUT2D eigenvalue weighted by atomic mass is 9.91. The minimum atomic E-state index is -0.194. The number of allylic oxidation sites excluding steroid dienone is 2. The normalized spacial score (nSPS) is 14.2. The van der Waals surface area contributed by atoms with Gasteiger partial charge < -0.3 is 4.74 Å². The van der Waals surface area contributed by atoms with Crippen molar-refractivity contribution in [1.82, 2.24) is 0 Å². The van der Waals surface area contributed by atoms with Gasteiger partial charge in [-0.25, -0.2) is 0 Å². The first-order valence-corrected chi connectivity index (χ1v) is 5.61. The van der Waals surface area contributed by atoms with Gasteiger partial charge in [0.2, 0.25) is 0 Å². The zero-order chi connectivity index (χ0) is 11.9. The number of ether oxygens (including phenoxy) is 1. The fourth-order valence-electron chi connectivity index (χ4n) is 1.14. The number of hydrogen-bond acceptors (Lipinski definition) is 2. The lowest BCUT2D eigenvalue weighted by Gasteiger charge is -2.15. The van der Waals surface area contributed by atoms with E-state index in [4.69, 9.17) is 4.74 Å². The topological polar surface area (TPSA) is 26.3 Å². The van der Waals surface area contributed by atoms with Crippen molar-refractivity contribution in [2.75, 3.05) is 6.61 Å². The van der Waals surface area contributed by atoms with Crippen LogP contribution in [0, 0.1) is 11.3 Å². The molecule has 88 valence electrons. The molecule has 0 fully saturated rings. The van der Waals surface area contributed by atoms with E-state index in [1.54, 1.807) is 0 Å². The predicted molar refractivity (Wildman–Crippen MR) is 63.6 cm³/mol. The van der Waals surface area contributed by atoms with Gasteiger partial charge in [0.15, 0.2) is 0 Å². The van der Waals surface area contributed by atoms with E-state index in [1.807, 2.05) is 0 Å². The van der Waals surface area contributed by atoms with Gasteiger partial charge in [0.25, 0.3) is 0 Å². The number of carbonyl (C=O) groups excluding carboxylic acids is 1. The van der Waals surface area contributed by atoms with Crippen LogP contribution < -0.4 is 0 Å². The number of carbonyl (C=O) groups is 1. The smallest absolute Gasteiger partial charge is 0.302 e. The maximum atomic E-state index is 10.5. The monoisotopic (exact) mass is 212 g/mol. The lowest BCUT2D eigenvalue weighted by Crippen LogP contribution is -2.05. The van der Waals surface area contributed by atoms with E-state index in [1.165, 1.54) is 6.92 Å². The Morgan fingerprint density at radius 3 is 2.47 bits per heavy atom. The Bertz CT molecular complexity index is 211. The van der Waals surface area contributed by atoms with Crippen LogP contribution in [0.2, 0.25) is 0 Å². The number of esters is 1. The van der Waals surface area contributed by atoms with Gasteiger partial charge in [-0.1, -0.05) is 39.8 Å². The molecule has 0 aromatic heterocycles. The van der Waals surface area contributed by atoms with Crippen LogP contribution in [-0.2, 0) is 9.53 Å². The van der Waals surface area contributed by atoms with E-state index in [-0.39, 0.29) is 5.97 Å². The van der Waals surface area contributed by atoms with E-state index in [0.717, 1.165) is 12.8 Å². The van der Waals surface area contributed by atoms with E-state index < -0.39 is 0 Å². The lowest BCUT2D eigenvalue weighted by molar-refractivity contribution is -0.141. The Balaban J connectivity index is 3.64. The van der Waals surface area contributed by atoms with Crippen molar-refractivity contribution in [2.24, 2.45) is 11.3 Å². The average Bonchev–Trinajstić information content (AvgIpc) is 2.00. The molecule has 0 saturated heterocycles. The highest BCUT2D eigenvalue weighted by Gasteiger charge is 2.07. The quantitative estimate of drug-likeness (QED) is 0.514. The molecule has 0 saturated carbocycles. The molecule has 0 rings (SSSR count). The van der Waals surface area contributed by atoms with Gasteiger partial charge >= 0.3 is 5.97 Å². The molecule has 0 aromatic rings. The molecule has 15 heavy (non-hydrogen) atoms. The molecule has 1 atom stereocenters. The van der Waals surface area contributed by atoms with Gasteiger partial charge in [0, 0.05) is 6.92 Å². The SMILES string of the molecule is CC(=O)OCCC(C)/C=C/CC(C)(C)C. The van der Waals surface area contributed by atoms with Crippen molar-refractivity contribution in [1.29, 1.82) is 0 Å². The number of rotatable bonds is 5. The molecule has 0 heterocycles. The molecule has 1 unspecified atom stereocenters. The molecule has 0 aliphatic rings. The summed E-state index contributed by atoms with van der Waals surface area (Å²) in [6, 6.07) is 0. The zero-order valence-corrected chi connectivity index (χ0v) is 10.7. The van der Waals surface area contributed by atoms with Gasteiger partial charge in [0.1, 0.15) is 0 Å². The van der Waals surface area contributed by atoms with Crippen LogP contribution >= 0.6 is 0 Å². The summed E-state index contributed by atoms with van der Waals surface area (Å²) in [7, 11) is 0. The molecule has 0 aliphatic carbocycles. The van der Waals surface area contributed by atoms with Crippen molar-refractivity contribution >= 4 is 5.97 Å². The third kappa shape index (κ3) is 11.1. The Hall–Kier alpha value is -0.790. The van der Waals surface area contributed by atoms with Gasteiger partial charge in [-0.2, -0.15) is 0 Å². The summed E-state index contributed by atoms with van der Waals surface area (Å²) in [4.78, 5) is 10.5. The molecule has 0 spiro atoms. The van der Waals surface area contributed by atoms with Crippen molar-refractivity contribution in [2.45, 2.75) is 47.5 Å². The standard InChI is InChI=1S/C13H24O2/c1-11(8-10-15-12(2)14)7-6-9-13(3,4)5/h6-7,11H,8-10H2,1-5H3/b7-6+. The van der Waals surface area contributed by atoms with Crippen LogP contribution in [0.1, 0.15) is 47.5 Å². The van der Waals surface area contributed by atoms with E-state index in [2.05, 4.69) is 39.8 Å². The summed E-state index contributed by atoms with van der Waals surface area (Å²) >= 11 is 0. The van der Waals surface area contributed by atoms with E-state index >= 15 is 0 Å². The van der Waals surface area contributed by atoms with Crippen molar-refractivity contribution in [3.8, 4) is 0 Å². The fourth-order valence-corrected chi connectivity index (χ4v) is 1.14. The molecule has 0 aromatic carbocycles. The molecular formula is C13H24O2. The van der Waals surface area contributed by atoms with Crippen LogP contribution in [0.5, 0.6) is 0 Å². The van der Waals surface area contributed by atoms with Crippen LogP contribution in [0.25, 0.3) is 0 Å². The Morgan fingerprint density at radius 2 is 2.00 bits per heavy atom. The second-order valence-corrected chi connectivity index (χ2v) is 5.30. The van der Waals surface area contributed by atoms with Gasteiger partial charge in [-0.05, 0) is 24.2 Å². The molecule has 0 aliphatic heterocycles. The largest absolute Gasteiger partial charge is 0.466 e. The Kier molecular flexibility index (Phi) is 6.30. The molecular weight excluding hydrogens is 188 g/mol. The second kappa shape index (κ2) is 6.65. The molecule has 0 radical (unpaired) electrons. The van der Waals surface area contributed by atoms with Crippen molar-refractivity contribution in [3.05, 3.63) is 12.2 Å². The zero-order valence-electron chi connectivity index (χ0n) is 10.7. The molecule has 0 bridgehead atoms. The van der Waals surface area contributed by atoms with Gasteiger partial charge in [-0.15, -0.1) is 0 Å². The van der Waals surface area contributed by atoms with Crippen LogP contribution in [-0.4, -0.2) is 12.6 Å². The van der Waals surface area contributed by atoms with Crippen molar-refractivity contribution < 1.29 is 9.53 Å². The molecule has 2 heteroatoms. The third-order valence-electron chi connectivity index (χ3n) is 2.07. The predicted octanol–water partition coefficient (Wildman–Crippen LogP) is 3.57. The molecule has 0 N–H and O–H groups in total. The summed E-state index contributed by atoms with van der Waals surface area (Å²) in [6.07, 6.45) is 6.41. The summed E-state index contributed by atoms with van der Waals surface area (Å²) in [5, 5.41) is 0. The van der Waals surface area contributed by atoms with Crippen LogP contribution in [0.3, 0.4) is 0 Å². The fraction of sp³-hybridized carbons (Fsp3) is 0.769. The maximum absolute atomic E-state index is 10.5. The van der Waals surface area contributed by atoms with Crippen molar-refractivity contribution in [3.63, 3.8) is 0 Å². The highest BCUT2D eigenvalue weighted by Crippen LogP contribution is 2.19. The summed E-state index contributed by atoms with van der Waals surface area (Å²) < 4.78 is 4.89. The Morgan fingerprint density at radius 1 is 1.40 bits per heavy atom. The molecule has 0 amide bonds. The minimum Gasteiger partial charge on any atom is -0.466 e. The second-order valence-electron chi connectivity index (χ2n) is 5.30. The average molecular weight is 212 g/mol. The highest BCUT2D eigenvalue weighted by molar-refractivity contribution is 5.65. The first kappa shape index (κ1) is 14.2. The van der Waals surface area contributed by atoms with E-state index in [9.17, 15) is 4.79 Å². The summed E-state index contributed by atoms with van der Waals surface area (Å²) in [6.45, 7) is 10.8. The highest BCUT2D eigenvalue weighted by atomic mass is 16.5. The Labute approximate surface area is 93.7 Å². The minimum absolute atomic E-state index is 0.194. The van der Waals surface area contributed by atoms with Crippen LogP contribution in [0.15, 0.2) is 12.2 Å². The third-order valence-corrected chi connectivity index (χ3v) is 2.07. The van der Waals surface area contributed by atoms with Gasteiger partial charge in [-0.3, -0.25) is 4.79 Å².